The molecule has 11 nitrogen and oxygen atoms in total. The number of hydrogen-bond acceptors (Lipinski definition) is 9. The number of rotatable bonds is 3. The number of para-hydroxylation sites is 1. The number of carbonyl (C=O) groups excluding carboxylic acids is 1. The Balaban J connectivity index is 2.51. The Hall–Kier alpha value is -3.89. The summed E-state index contributed by atoms with van der Waals surface area (Å²) in [6.07, 6.45) is 0. The standard InChI is InChI=1S/C14H9N5O6/c1-25-14(20)6-3-2-4-7-11(6)17-12-9(19(23)24)5-8(18(21)22)10(15)13(12)16-7/h2-5H,15H2,1H3. The Morgan fingerprint density at radius 3 is 2.36 bits per heavy atom. The van der Waals surface area contributed by atoms with Gasteiger partial charge in [0.15, 0.2) is 5.52 Å². The minimum Gasteiger partial charge on any atom is -0.465 e. The van der Waals surface area contributed by atoms with Crippen molar-refractivity contribution in [2.24, 2.45) is 0 Å². The number of benzene rings is 2. The monoisotopic (exact) mass is 343 g/mol. The molecule has 126 valence electrons. The van der Waals surface area contributed by atoms with Crippen molar-refractivity contribution < 1.29 is 19.4 Å². The number of hydrogen-bond donors (Lipinski definition) is 1. The number of fused-ring (bicyclic) bond motifs is 2. The fraction of sp³-hybridized carbons (Fsp3) is 0.0714. The van der Waals surface area contributed by atoms with Crippen molar-refractivity contribution in [2.45, 2.75) is 0 Å². The van der Waals surface area contributed by atoms with E-state index in [0.29, 0.717) is 0 Å². The van der Waals surface area contributed by atoms with Crippen molar-refractivity contribution in [1.82, 2.24) is 9.97 Å². The molecule has 1 aromatic heterocycles. The highest BCUT2D eigenvalue weighted by molar-refractivity contribution is 6.06. The van der Waals surface area contributed by atoms with Crippen molar-refractivity contribution in [1.29, 1.82) is 0 Å². The van der Waals surface area contributed by atoms with Gasteiger partial charge in [0, 0.05) is 0 Å². The predicted molar refractivity (Wildman–Crippen MR) is 86.1 cm³/mol. The molecule has 2 N–H and O–H groups in total. The highest BCUT2D eigenvalue weighted by Crippen LogP contribution is 2.36. The molecule has 3 aromatic rings. The highest BCUT2D eigenvalue weighted by atomic mass is 16.6. The lowest BCUT2D eigenvalue weighted by molar-refractivity contribution is -0.392. The van der Waals surface area contributed by atoms with Crippen molar-refractivity contribution in [3.63, 3.8) is 0 Å². The first kappa shape index (κ1) is 16.0. The van der Waals surface area contributed by atoms with Crippen LogP contribution in [0.15, 0.2) is 24.3 Å². The molecule has 25 heavy (non-hydrogen) atoms. The van der Waals surface area contributed by atoms with Crippen LogP contribution in [0.4, 0.5) is 17.1 Å². The number of aromatic nitrogens is 2. The third-order valence-corrected chi connectivity index (χ3v) is 3.54. The number of nitro benzene ring substituents is 2. The van der Waals surface area contributed by atoms with Gasteiger partial charge in [-0.15, -0.1) is 0 Å². The largest absolute Gasteiger partial charge is 0.465 e. The second-order valence-corrected chi connectivity index (χ2v) is 4.93. The van der Waals surface area contributed by atoms with Crippen LogP contribution in [0.3, 0.4) is 0 Å². The molecule has 0 spiro atoms. The Bertz CT molecular complexity index is 1080. The third kappa shape index (κ3) is 2.43. The smallest absolute Gasteiger partial charge is 0.340 e. The maximum atomic E-state index is 11.9. The molecule has 0 saturated carbocycles. The first-order valence-corrected chi connectivity index (χ1v) is 6.75. The predicted octanol–water partition coefficient (Wildman–Crippen LogP) is 1.97. The normalized spacial score (nSPS) is 10.8. The van der Waals surface area contributed by atoms with Crippen LogP contribution in [0.2, 0.25) is 0 Å². The maximum absolute atomic E-state index is 11.9. The number of ether oxygens (including phenoxy) is 1. The van der Waals surface area contributed by atoms with Gasteiger partial charge in [-0.3, -0.25) is 20.2 Å². The minimum absolute atomic E-state index is 0.0561. The summed E-state index contributed by atoms with van der Waals surface area (Å²) in [5.41, 5.74) is 4.00. The number of methoxy groups -OCH3 is 1. The van der Waals surface area contributed by atoms with E-state index in [1.54, 1.807) is 0 Å². The van der Waals surface area contributed by atoms with Gasteiger partial charge in [-0.05, 0) is 12.1 Å². The van der Waals surface area contributed by atoms with Crippen LogP contribution in [0.5, 0.6) is 0 Å². The number of esters is 1. The fourth-order valence-corrected chi connectivity index (χ4v) is 2.41. The minimum atomic E-state index is -0.835. The van der Waals surface area contributed by atoms with Crippen LogP contribution in [-0.4, -0.2) is 32.9 Å². The number of nitrogens with zero attached hydrogens (tertiary/aromatic N) is 4. The quantitative estimate of drug-likeness (QED) is 0.246. The van der Waals surface area contributed by atoms with E-state index in [0.717, 1.165) is 6.07 Å². The molecule has 2 aromatic carbocycles. The van der Waals surface area contributed by atoms with E-state index in [2.05, 4.69) is 14.7 Å². The zero-order valence-electron chi connectivity index (χ0n) is 12.6. The van der Waals surface area contributed by atoms with E-state index in [-0.39, 0.29) is 33.3 Å². The Kier molecular flexibility index (Phi) is 3.60. The first-order chi connectivity index (χ1) is 11.8. The van der Waals surface area contributed by atoms with Crippen LogP contribution >= 0.6 is 0 Å². The van der Waals surface area contributed by atoms with Crippen LogP contribution in [0.25, 0.3) is 22.1 Å². The van der Waals surface area contributed by atoms with Gasteiger partial charge in [0.2, 0.25) is 0 Å². The number of nitrogens with two attached hydrogens (primary N) is 1. The topological polar surface area (TPSA) is 164 Å². The molecule has 0 unspecified atom stereocenters. The highest BCUT2D eigenvalue weighted by Gasteiger charge is 2.27. The molecule has 1 heterocycles. The fourth-order valence-electron chi connectivity index (χ4n) is 2.41. The molecule has 3 rings (SSSR count). The summed E-state index contributed by atoms with van der Waals surface area (Å²) in [7, 11) is 1.18. The van der Waals surface area contributed by atoms with Crippen LogP contribution < -0.4 is 5.73 Å². The van der Waals surface area contributed by atoms with Gasteiger partial charge < -0.3 is 10.5 Å². The lowest BCUT2D eigenvalue weighted by Gasteiger charge is -2.07. The Labute approximate surface area is 138 Å². The number of non-ortho nitro benzene ring substituents is 1. The average molecular weight is 343 g/mol. The Morgan fingerprint density at radius 1 is 1.08 bits per heavy atom. The van der Waals surface area contributed by atoms with Gasteiger partial charge in [-0.1, -0.05) is 6.07 Å². The average Bonchev–Trinajstić information content (AvgIpc) is 2.59. The molecular formula is C14H9N5O6. The summed E-state index contributed by atoms with van der Waals surface area (Å²) in [6, 6.07) is 5.16. The van der Waals surface area contributed by atoms with Crippen LogP contribution in [-0.2, 0) is 4.74 Å². The van der Waals surface area contributed by atoms with Crippen molar-refractivity contribution in [3.05, 3.63) is 50.1 Å². The van der Waals surface area contributed by atoms with E-state index in [4.69, 9.17) is 5.73 Å². The van der Waals surface area contributed by atoms with E-state index in [1.807, 2.05) is 0 Å². The van der Waals surface area contributed by atoms with Crippen LogP contribution in [0.1, 0.15) is 10.4 Å². The van der Waals surface area contributed by atoms with Gasteiger partial charge in [0.05, 0.1) is 34.1 Å². The molecule has 0 saturated heterocycles. The van der Waals surface area contributed by atoms with E-state index in [9.17, 15) is 25.0 Å². The molecule has 0 aliphatic carbocycles. The summed E-state index contributed by atoms with van der Waals surface area (Å²) in [5.74, 6) is -0.697. The third-order valence-electron chi connectivity index (χ3n) is 3.54. The molecule has 11 heteroatoms. The molecule has 0 fully saturated rings. The van der Waals surface area contributed by atoms with E-state index >= 15 is 0 Å². The van der Waals surface area contributed by atoms with Gasteiger partial charge in [0.1, 0.15) is 16.7 Å². The van der Waals surface area contributed by atoms with Gasteiger partial charge in [-0.25, -0.2) is 14.8 Å². The zero-order chi connectivity index (χ0) is 18.3. The van der Waals surface area contributed by atoms with E-state index in [1.165, 1.54) is 25.3 Å². The molecule has 0 amide bonds. The van der Waals surface area contributed by atoms with Gasteiger partial charge >= 0.3 is 17.3 Å². The molecule has 0 atom stereocenters. The Morgan fingerprint density at radius 2 is 1.76 bits per heavy atom. The maximum Gasteiger partial charge on any atom is 0.340 e. The van der Waals surface area contributed by atoms with Gasteiger partial charge in [-0.2, -0.15) is 0 Å². The summed E-state index contributed by atoms with van der Waals surface area (Å²) in [4.78, 5) is 40.8. The number of carbonyl (C=O) groups is 1. The summed E-state index contributed by atoms with van der Waals surface area (Å²) in [5, 5.41) is 22.4. The number of anilines is 1. The van der Waals surface area contributed by atoms with Crippen molar-refractivity contribution >= 4 is 45.1 Å². The number of nitrogen functional groups attached to an aromatic ring is 1. The first-order valence-electron chi connectivity index (χ1n) is 6.75. The molecule has 0 aliphatic rings. The summed E-state index contributed by atoms with van der Waals surface area (Å²) in [6.45, 7) is 0. The second kappa shape index (κ2) is 5.63. The van der Waals surface area contributed by atoms with Gasteiger partial charge in [0.25, 0.3) is 0 Å². The zero-order valence-corrected chi connectivity index (χ0v) is 12.6. The van der Waals surface area contributed by atoms with Crippen molar-refractivity contribution in [3.8, 4) is 0 Å². The van der Waals surface area contributed by atoms with Crippen molar-refractivity contribution in [2.75, 3.05) is 12.8 Å². The lowest BCUT2D eigenvalue weighted by atomic mass is 10.1. The lowest BCUT2D eigenvalue weighted by Crippen LogP contribution is -2.06. The van der Waals surface area contributed by atoms with Crippen LogP contribution in [0, 0.1) is 20.2 Å². The number of nitro groups is 2. The van der Waals surface area contributed by atoms with E-state index < -0.39 is 27.2 Å². The summed E-state index contributed by atoms with van der Waals surface area (Å²) < 4.78 is 4.65. The molecule has 0 bridgehead atoms. The molecule has 0 aliphatic heterocycles. The SMILES string of the molecule is COC(=O)c1cccc2nc3c(N)c([N+](=O)[O-])cc([N+](=O)[O-])c3nc12. The molecular weight excluding hydrogens is 334 g/mol. The summed E-state index contributed by atoms with van der Waals surface area (Å²) >= 11 is 0. The second-order valence-electron chi connectivity index (χ2n) is 4.93. The molecule has 0 radical (unpaired) electrons.